The third kappa shape index (κ3) is 6.65. The summed E-state index contributed by atoms with van der Waals surface area (Å²) in [4.78, 5) is 43.0. The predicted octanol–water partition coefficient (Wildman–Crippen LogP) is 9.19. The number of carbonyl (C=O) groups excluding carboxylic acids is 3. The standard InChI is InChI=1S/C45H52O9Si/c1-26(2)55(27(3)4,28(5)6)53-18-17-32-21-31-22-35-37(46)23-34(36-24-38(47)33-15-12-16-39(49-8)42(33)45(36)51-19-20-52-45)43(48)41(35)44(40(31)29(7)54-32)50-25-30-13-10-9-11-14-30/h9-16,22-24,26-29,32H,17-21,25H2,1-8H3/t29-,32?/m0/s1. The van der Waals surface area contributed by atoms with Crippen molar-refractivity contribution in [1.29, 1.82) is 0 Å². The summed E-state index contributed by atoms with van der Waals surface area (Å²) in [5.74, 6) is -2.11. The molecule has 290 valence electrons. The van der Waals surface area contributed by atoms with Gasteiger partial charge in [-0.2, -0.15) is 0 Å². The van der Waals surface area contributed by atoms with Crippen LogP contribution in [0.4, 0.5) is 0 Å². The van der Waals surface area contributed by atoms with Crippen molar-refractivity contribution in [1.82, 2.24) is 0 Å². The lowest BCUT2D eigenvalue weighted by Crippen LogP contribution is -2.48. The molecular formula is C45H52O9Si. The number of hydrogen-bond donors (Lipinski definition) is 0. The Labute approximate surface area is 325 Å². The first kappa shape index (κ1) is 39.1. The van der Waals surface area contributed by atoms with E-state index in [1.165, 1.54) is 19.3 Å². The molecule has 0 N–H and O–H groups in total. The molecule has 0 saturated carbocycles. The summed E-state index contributed by atoms with van der Waals surface area (Å²) in [6, 6.07) is 16.7. The molecule has 3 aromatic carbocycles. The van der Waals surface area contributed by atoms with Gasteiger partial charge in [0.15, 0.2) is 25.7 Å². The molecule has 2 heterocycles. The highest BCUT2D eigenvalue weighted by atomic mass is 28.4. The van der Waals surface area contributed by atoms with E-state index < -0.39 is 26.0 Å². The van der Waals surface area contributed by atoms with Crippen LogP contribution >= 0.6 is 0 Å². The smallest absolute Gasteiger partial charge is 0.227 e. The third-order valence-corrected chi connectivity index (χ3v) is 18.0. The van der Waals surface area contributed by atoms with E-state index in [0.717, 1.165) is 16.7 Å². The molecule has 0 radical (unpaired) electrons. The van der Waals surface area contributed by atoms with Gasteiger partial charge in [-0.15, -0.1) is 0 Å². The lowest BCUT2D eigenvalue weighted by atomic mass is 9.75. The molecule has 2 aliphatic carbocycles. The van der Waals surface area contributed by atoms with Crippen molar-refractivity contribution in [3.8, 4) is 11.5 Å². The molecule has 1 unspecified atom stereocenters. The van der Waals surface area contributed by atoms with E-state index in [0.29, 0.717) is 58.7 Å². The van der Waals surface area contributed by atoms with Crippen LogP contribution in [0.25, 0.3) is 0 Å². The predicted molar refractivity (Wildman–Crippen MR) is 212 cm³/mol. The van der Waals surface area contributed by atoms with Crippen molar-refractivity contribution >= 4 is 25.7 Å². The Balaban J connectivity index is 1.28. The summed E-state index contributed by atoms with van der Waals surface area (Å²) in [7, 11) is -0.562. The Morgan fingerprint density at radius 1 is 0.855 bits per heavy atom. The van der Waals surface area contributed by atoms with Gasteiger partial charge in [0.05, 0.1) is 43.7 Å². The summed E-state index contributed by atoms with van der Waals surface area (Å²) >= 11 is 0. The van der Waals surface area contributed by atoms with E-state index >= 15 is 4.79 Å². The largest absolute Gasteiger partial charge is 0.496 e. The van der Waals surface area contributed by atoms with Crippen LogP contribution in [-0.4, -0.2) is 58.7 Å². The van der Waals surface area contributed by atoms with Crippen LogP contribution in [0, 0.1) is 0 Å². The molecule has 9 nitrogen and oxygen atoms in total. The van der Waals surface area contributed by atoms with Gasteiger partial charge >= 0.3 is 0 Å². The second-order valence-electron chi connectivity index (χ2n) is 15.9. The van der Waals surface area contributed by atoms with E-state index in [1.54, 1.807) is 18.2 Å². The summed E-state index contributed by atoms with van der Waals surface area (Å²) in [5, 5.41) is 0. The number of rotatable bonds is 12. The minimum Gasteiger partial charge on any atom is -0.496 e. The fourth-order valence-electron chi connectivity index (χ4n) is 9.59. The molecule has 10 heteroatoms. The maximum atomic E-state index is 15.0. The van der Waals surface area contributed by atoms with E-state index in [4.69, 9.17) is 28.1 Å². The van der Waals surface area contributed by atoms with E-state index in [9.17, 15) is 9.59 Å². The molecule has 0 bridgehead atoms. The maximum absolute atomic E-state index is 15.0. The lowest BCUT2D eigenvalue weighted by molar-refractivity contribution is -0.133. The molecule has 0 amide bonds. The normalized spacial score (nSPS) is 20.5. The molecule has 1 saturated heterocycles. The van der Waals surface area contributed by atoms with Gasteiger partial charge in [-0.05, 0) is 71.8 Å². The lowest BCUT2D eigenvalue weighted by Gasteiger charge is -2.42. The fraction of sp³-hybridized carbons (Fsp3) is 0.444. The zero-order valence-corrected chi connectivity index (χ0v) is 34.2. The topological polar surface area (TPSA) is 107 Å². The minimum absolute atomic E-state index is 0.0151. The second-order valence-corrected chi connectivity index (χ2v) is 21.4. The molecule has 55 heavy (non-hydrogen) atoms. The van der Waals surface area contributed by atoms with Gasteiger partial charge in [-0.25, -0.2) is 0 Å². The van der Waals surface area contributed by atoms with Crippen LogP contribution in [0.2, 0.25) is 16.6 Å². The first-order valence-corrected chi connectivity index (χ1v) is 21.7. The Morgan fingerprint density at radius 2 is 1.53 bits per heavy atom. The van der Waals surface area contributed by atoms with Crippen LogP contribution in [-0.2, 0) is 37.5 Å². The number of hydrogen-bond acceptors (Lipinski definition) is 9. The van der Waals surface area contributed by atoms with Crippen molar-refractivity contribution in [3.63, 3.8) is 0 Å². The average molecular weight is 765 g/mol. The number of carbonyl (C=O) groups is 3. The monoisotopic (exact) mass is 764 g/mol. The van der Waals surface area contributed by atoms with Crippen LogP contribution in [0.3, 0.4) is 0 Å². The number of Topliss-reactive ketones (excluding diaryl/α,β-unsaturated/α-hetero) is 1. The molecule has 3 aromatic rings. The average Bonchev–Trinajstić information content (AvgIpc) is 3.65. The van der Waals surface area contributed by atoms with Crippen molar-refractivity contribution < 1.29 is 42.5 Å². The van der Waals surface area contributed by atoms with Gasteiger partial charge in [0.1, 0.15) is 18.1 Å². The van der Waals surface area contributed by atoms with Gasteiger partial charge < -0.3 is 28.1 Å². The molecule has 2 atom stereocenters. The summed E-state index contributed by atoms with van der Waals surface area (Å²) in [6.45, 7) is 16.9. The van der Waals surface area contributed by atoms with Gasteiger partial charge in [0.2, 0.25) is 5.79 Å². The Bertz CT molecular complexity index is 2030. The first-order chi connectivity index (χ1) is 26.3. The SMILES string of the molecule is COc1cccc2c1C1(OCCO1)C(C1=CC(=O)c3cc4c(c(OCc5ccccc5)c3C1=O)[C@H](C)OC(CCO[Si](C(C)C)(C(C)C)C(C)C)C4)=CC2=O. The zero-order chi connectivity index (χ0) is 39.2. The quantitative estimate of drug-likeness (QED) is 0.167. The Hall–Kier alpha value is -4.19. The van der Waals surface area contributed by atoms with Crippen LogP contribution in [0.5, 0.6) is 11.5 Å². The number of methoxy groups -OCH3 is 1. The highest BCUT2D eigenvalue weighted by Crippen LogP contribution is 2.52. The van der Waals surface area contributed by atoms with Gasteiger partial charge in [-0.1, -0.05) is 84.0 Å². The van der Waals surface area contributed by atoms with Crippen LogP contribution in [0.1, 0.15) is 114 Å². The highest BCUT2D eigenvalue weighted by Gasteiger charge is 2.53. The van der Waals surface area contributed by atoms with Gasteiger partial charge in [0, 0.05) is 34.4 Å². The summed E-state index contributed by atoms with van der Waals surface area (Å²) in [5.41, 5.74) is 5.27. The second kappa shape index (κ2) is 15.4. The number of allylic oxidation sites excluding steroid dienone is 2. The van der Waals surface area contributed by atoms with E-state index in [-0.39, 0.29) is 59.8 Å². The van der Waals surface area contributed by atoms with Crippen LogP contribution < -0.4 is 9.47 Å². The molecule has 0 aromatic heterocycles. The summed E-state index contributed by atoms with van der Waals surface area (Å²) in [6.07, 6.45) is 3.32. The highest BCUT2D eigenvalue weighted by molar-refractivity contribution is 6.77. The minimum atomic E-state index is -2.07. The molecule has 7 rings (SSSR count). The first-order valence-electron chi connectivity index (χ1n) is 19.5. The molecule has 1 spiro atoms. The number of fused-ring (bicyclic) bond motifs is 4. The maximum Gasteiger partial charge on any atom is 0.227 e. The van der Waals surface area contributed by atoms with Crippen LogP contribution in [0.15, 0.2) is 77.9 Å². The van der Waals surface area contributed by atoms with E-state index in [1.807, 2.05) is 43.3 Å². The third-order valence-electron chi connectivity index (χ3n) is 11.8. The number of ketones is 3. The summed E-state index contributed by atoms with van der Waals surface area (Å²) < 4.78 is 38.5. The zero-order valence-electron chi connectivity index (χ0n) is 33.2. The Kier molecular flexibility index (Phi) is 10.9. The van der Waals surface area contributed by atoms with Gasteiger partial charge in [-0.3, -0.25) is 14.4 Å². The van der Waals surface area contributed by atoms with Crippen molar-refractivity contribution in [3.05, 3.63) is 117 Å². The molecular weight excluding hydrogens is 713 g/mol. The molecule has 2 aliphatic heterocycles. The van der Waals surface area contributed by atoms with E-state index in [2.05, 4.69) is 41.5 Å². The molecule has 1 fully saturated rings. The number of ether oxygens (including phenoxy) is 5. The van der Waals surface area contributed by atoms with Crippen molar-refractivity contribution in [2.45, 2.75) is 103 Å². The Morgan fingerprint density at radius 3 is 2.18 bits per heavy atom. The number of benzene rings is 3. The fourth-order valence-corrected chi connectivity index (χ4v) is 15.1. The van der Waals surface area contributed by atoms with Crippen molar-refractivity contribution in [2.24, 2.45) is 0 Å². The van der Waals surface area contributed by atoms with Gasteiger partial charge in [0.25, 0.3) is 0 Å². The van der Waals surface area contributed by atoms with Crippen molar-refractivity contribution in [2.75, 3.05) is 26.9 Å². The molecule has 4 aliphatic rings.